The SMILES string of the molecule is [NH-]C1CCC(c2cc(Br)ccc2F)(S(=O)(=O)c2ccc(C(F)(F)F)nc2)CC1. The molecule has 1 aliphatic carbocycles. The first kappa shape index (κ1) is 21.2. The zero-order valence-electron chi connectivity index (χ0n) is 14.4. The van der Waals surface area contributed by atoms with Crippen molar-refractivity contribution in [3.63, 3.8) is 0 Å². The lowest BCUT2D eigenvalue weighted by molar-refractivity contribution is -0.141. The molecule has 28 heavy (non-hydrogen) atoms. The molecular formula is C18H16BrF4N2O2S-. The summed E-state index contributed by atoms with van der Waals surface area (Å²) in [5.41, 5.74) is 6.63. The summed E-state index contributed by atoms with van der Waals surface area (Å²) >= 11 is 3.22. The number of pyridine rings is 1. The van der Waals surface area contributed by atoms with Crippen LogP contribution in [-0.4, -0.2) is 19.4 Å². The van der Waals surface area contributed by atoms with Gasteiger partial charge in [0.25, 0.3) is 0 Å². The van der Waals surface area contributed by atoms with E-state index in [4.69, 9.17) is 5.73 Å². The summed E-state index contributed by atoms with van der Waals surface area (Å²) in [6, 6.07) is 4.96. The van der Waals surface area contributed by atoms with Crippen LogP contribution in [0, 0.1) is 5.82 Å². The van der Waals surface area contributed by atoms with Crippen molar-refractivity contribution in [1.29, 1.82) is 0 Å². The highest BCUT2D eigenvalue weighted by molar-refractivity contribution is 9.10. The van der Waals surface area contributed by atoms with Crippen LogP contribution in [0.3, 0.4) is 0 Å². The van der Waals surface area contributed by atoms with Gasteiger partial charge in [-0.15, -0.1) is 6.04 Å². The second-order valence-electron chi connectivity index (χ2n) is 6.77. The summed E-state index contributed by atoms with van der Waals surface area (Å²) in [5, 5.41) is 0. The molecule has 0 amide bonds. The summed E-state index contributed by atoms with van der Waals surface area (Å²) in [6.07, 6.45) is -3.56. The number of hydrogen-bond acceptors (Lipinski definition) is 3. The molecule has 2 aromatic rings. The Morgan fingerprint density at radius 2 is 1.79 bits per heavy atom. The monoisotopic (exact) mass is 479 g/mol. The van der Waals surface area contributed by atoms with E-state index in [-0.39, 0.29) is 31.2 Å². The van der Waals surface area contributed by atoms with Gasteiger partial charge in [0.05, 0.1) is 4.90 Å². The molecule has 1 aromatic carbocycles. The van der Waals surface area contributed by atoms with E-state index in [1.165, 1.54) is 12.1 Å². The van der Waals surface area contributed by atoms with Crippen LogP contribution in [-0.2, 0) is 20.8 Å². The molecule has 1 N–H and O–H groups in total. The Hall–Kier alpha value is -1.52. The molecule has 0 unspecified atom stereocenters. The van der Waals surface area contributed by atoms with Crippen molar-refractivity contribution in [2.75, 3.05) is 0 Å². The van der Waals surface area contributed by atoms with Gasteiger partial charge in [0.1, 0.15) is 16.3 Å². The van der Waals surface area contributed by atoms with Gasteiger partial charge in [0, 0.05) is 16.2 Å². The Kier molecular flexibility index (Phi) is 5.59. The van der Waals surface area contributed by atoms with Gasteiger partial charge in [-0.2, -0.15) is 13.2 Å². The van der Waals surface area contributed by atoms with E-state index < -0.39 is 43.2 Å². The molecule has 152 valence electrons. The Morgan fingerprint density at radius 3 is 2.32 bits per heavy atom. The first-order valence-corrected chi connectivity index (χ1v) is 10.7. The first-order chi connectivity index (χ1) is 13.0. The maximum atomic E-state index is 14.7. The highest BCUT2D eigenvalue weighted by atomic mass is 79.9. The molecule has 1 saturated carbocycles. The Labute approximate surface area is 168 Å². The number of hydrogen-bond donors (Lipinski definition) is 0. The Balaban J connectivity index is 2.16. The number of nitrogens with one attached hydrogen (secondary N) is 1. The molecule has 10 heteroatoms. The second kappa shape index (κ2) is 7.38. The fourth-order valence-corrected chi connectivity index (χ4v) is 6.02. The van der Waals surface area contributed by atoms with Crippen LogP contribution >= 0.6 is 15.9 Å². The lowest BCUT2D eigenvalue weighted by Gasteiger charge is -2.41. The quantitative estimate of drug-likeness (QED) is 0.532. The Morgan fingerprint density at radius 1 is 1.14 bits per heavy atom. The molecule has 1 aliphatic rings. The maximum absolute atomic E-state index is 14.7. The zero-order chi connectivity index (χ0) is 20.7. The van der Waals surface area contributed by atoms with Gasteiger partial charge in [0.2, 0.25) is 0 Å². The van der Waals surface area contributed by atoms with Crippen LogP contribution < -0.4 is 0 Å². The highest BCUT2D eigenvalue weighted by Crippen LogP contribution is 2.48. The molecule has 1 heterocycles. The van der Waals surface area contributed by atoms with E-state index >= 15 is 0 Å². The summed E-state index contributed by atoms with van der Waals surface area (Å²) in [7, 11) is -4.28. The third-order valence-corrected chi connectivity index (χ3v) is 8.08. The van der Waals surface area contributed by atoms with Crippen molar-refractivity contribution in [2.24, 2.45) is 0 Å². The average molecular weight is 480 g/mol. The second-order valence-corrected chi connectivity index (χ2v) is 9.95. The van der Waals surface area contributed by atoms with Crippen LogP contribution in [0.1, 0.15) is 36.9 Å². The van der Waals surface area contributed by atoms with Crippen molar-refractivity contribution in [3.8, 4) is 0 Å². The maximum Gasteiger partial charge on any atom is 0.433 e. The Bertz CT molecular complexity index is 970. The third-order valence-electron chi connectivity index (χ3n) is 5.06. The molecule has 1 fully saturated rings. The van der Waals surface area contributed by atoms with Crippen molar-refractivity contribution < 1.29 is 26.0 Å². The van der Waals surface area contributed by atoms with Gasteiger partial charge in [-0.1, -0.05) is 28.8 Å². The molecule has 0 bridgehead atoms. The fraction of sp³-hybridized carbons (Fsp3) is 0.389. The molecule has 4 nitrogen and oxygen atoms in total. The molecule has 1 aromatic heterocycles. The van der Waals surface area contributed by atoms with E-state index in [0.29, 0.717) is 16.7 Å². The predicted octanol–water partition coefficient (Wildman–Crippen LogP) is 5.67. The van der Waals surface area contributed by atoms with Crippen LogP contribution in [0.5, 0.6) is 0 Å². The van der Waals surface area contributed by atoms with Crippen molar-refractivity contribution in [1.82, 2.24) is 4.98 Å². The first-order valence-electron chi connectivity index (χ1n) is 8.42. The molecule has 0 radical (unpaired) electrons. The van der Waals surface area contributed by atoms with Crippen LogP contribution in [0.2, 0.25) is 0 Å². The van der Waals surface area contributed by atoms with E-state index in [2.05, 4.69) is 20.9 Å². The van der Waals surface area contributed by atoms with Gasteiger partial charge >= 0.3 is 6.18 Å². The van der Waals surface area contributed by atoms with E-state index in [0.717, 1.165) is 12.1 Å². The topological polar surface area (TPSA) is 70.8 Å². The zero-order valence-corrected chi connectivity index (χ0v) is 16.8. The fourth-order valence-electron chi connectivity index (χ4n) is 3.55. The van der Waals surface area contributed by atoms with Gasteiger partial charge in [-0.3, -0.25) is 4.98 Å². The minimum absolute atomic E-state index is 0.00209. The van der Waals surface area contributed by atoms with Gasteiger partial charge in [0.15, 0.2) is 9.84 Å². The third kappa shape index (κ3) is 3.69. The largest absolute Gasteiger partial charge is 0.675 e. The molecule has 0 spiro atoms. The predicted molar refractivity (Wildman–Crippen MR) is 98.8 cm³/mol. The number of benzene rings is 1. The van der Waals surface area contributed by atoms with Crippen LogP contribution in [0.25, 0.3) is 5.73 Å². The number of rotatable bonds is 3. The number of sulfone groups is 1. The molecule has 0 aliphatic heterocycles. The molecular weight excluding hydrogens is 464 g/mol. The van der Waals surface area contributed by atoms with Crippen LogP contribution in [0.4, 0.5) is 17.6 Å². The standard InChI is InChI=1S/C18H16BrF4N2O2S/c19-11-1-3-15(20)14(9-11)17(7-5-12(24)6-8-17)28(26,27)13-2-4-16(25-10-13)18(21,22)23/h1-4,9-10,12,24H,5-8H2/q-1. The lowest BCUT2D eigenvalue weighted by atomic mass is 9.81. The van der Waals surface area contributed by atoms with E-state index in [9.17, 15) is 26.0 Å². The van der Waals surface area contributed by atoms with E-state index in [1.807, 2.05) is 0 Å². The number of halogens is 5. The summed E-state index contributed by atoms with van der Waals surface area (Å²) in [5.74, 6) is -0.713. The van der Waals surface area contributed by atoms with Crippen molar-refractivity contribution >= 4 is 25.8 Å². The number of aromatic nitrogens is 1. The van der Waals surface area contributed by atoms with Gasteiger partial charge < -0.3 is 5.73 Å². The van der Waals surface area contributed by atoms with Gasteiger partial charge in [-0.05, 0) is 43.2 Å². The molecule has 0 saturated heterocycles. The minimum atomic E-state index is -4.69. The highest BCUT2D eigenvalue weighted by Gasteiger charge is 2.49. The number of nitrogens with zero attached hydrogens (tertiary/aromatic N) is 1. The molecule has 3 rings (SSSR count). The minimum Gasteiger partial charge on any atom is -0.675 e. The lowest BCUT2D eigenvalue weighted by Crippen LogP contribution is -2.41. The number of alkyl halides is 3. The van der Waals surface area contributed by atoms with Gasteiger partial charge in [-0.25, -0.2) is 12.8 Å². The van der Waals surface area contributed by atoms with Crippen molar-refractivity contribution in [3.05, 3.63) is 63.8 Å². The van der Waals surface area contributed by atoms with Crippen LogP contribution in [0.15, 0.2) is 45.9 Å². The normalized spacial score (nSPS) is 23.6. The molecule has 0 atom stereocenters. The smallest absolute Gasteiger partial charge is 0.433 e. The summed E-state index contributed by atoms with van der Waals surface area (Å²) < 4.78 is 78.7. The van der Waals surface area contributed by atoms with E-state index in [1.54, 1.807) is 0 Å². The van der Waals surface area contributed by atoms with Crippen molar-refractivity contribution in [2.45, 2.75) is 47.5 Å². The average Bonchev–Trinajstić information content (AvgIpc) is 2.64. The summed E-state index contributed by atoms with van der Waals surface area (Å²) in [6.45, 7) is 0. The summed E-state index contributed by atoms with van der Waals surface area (Å²) in [4.78, 5) is 2.85.